The number of benzene rings is 1. The van der Waals surface area contributed by atoms with Crippen molar-refractivity contribution in [3.63, 3.8) is 0 Å². The highest BCUT2D eigenvalue weighted by Crippen LogP contribution is 2.22. The van der Waals surface area contributed by atoms with E-state index < -0.39 is 23.3 Å². The molecule has 0 atom stereocenters. The number of hydrogen-bond donors (Lipinski definition) is 2. The van der Waals surface area contributed by atoms with Crippen molar-refractivity contribution in [1.29, 1.82) is 0 Å². The van der Waals surface area contributed by atoms with Crippen LogP contribution in [0.2, 0.25) is 0 Å². The number of aromatic carboxylic acids is 1. The molecule has 5 nitrogen and oxygen atoms in total. The maximum atomic E-state index is 13.5. The first-order chi connectivity index (χ1) is 8.49. The fourth-order valence-electron chi connectivity index (χ4n) is 1.38. The maximum Gasteiger partial charge on any atom is 0.358 e. The van der Waals surface area contributed by atoms with Gasteiger partial charge in [0, 0.05) is 5.56 Å². The summed E-state index contributed by atoms with van der Waals surface area (Å²) in [5, 5.41) is 8.81. The third-order valence-electron chi connectivity index (χ3n) is 2.21. The van der Waals surface area contributed by atoms with Crippen LogP contribution in [-0.2, 0) is 0 Å². The van der Waals surface area contributed by atoms with Crippen molar-refractivity contribution in [2.75, 3.05) is 5.73 Å². The van der Waals surface area contributed by atoms with Crippen LogP contribution < -0.4 is 5.73 Å². The molecule has 0 amide bonds. The van der Waals surface area contributed by atoms with E-state index in [9.17, 15) is 13.6 Å². The fraction of sp³-hybridized carbons (Fsp3) is 0. The maximum absolute atomic E-state index is 13.5. The molecule has 3 N–H and O–H groups in total. The second-order valence-corrected chi connectivity index (χ2v) is 3.42. The summed E-state index contributed by atoms with van der Waals surface area (Å²) in [4.78, 5) is 18.0. The SMILES string of the molecule is Nc1ncc(-c2cc(F)ccc2F)nc1C(=O)O. The predicted octanol–water partition coefficient (Wildman–Crippen LogP) is 1.70. The van der Waals surface area contributed by atoms with Gasteiger partial charge in [0.25, 0.3) is 0 Å². The summed E-state index contributed by atoms with van der Waals surface area (Å²) >= 11 is 0. The average Bonchev–Trinajstić information content (AvgIpc) is 2.33. The molecule has 0 unspecified atom stereocenters. The molecule has 0 radical (unpaired) electrons. The Labute approximate surface area is 99.9 Å². The molecule has 2 aromatic rings. The number of anilines is 1. The summed E-state index contributed by atoms with van der Waals surface area (Å²) in [7, 11) is 0. The zero-order chi connectivity index (χ0) is 13.3. The number of nitrogens with two attached hydrogens (primary N) is 1. The van der Waals surface area contributed by atoms with Crippen LogP contribution in [0.25, 0.3) is 11.3 Å². The number of carbonyl (C=O) groups is 1. The van der Waals surface area contributed by atoms with Gasteiger partial charge >= 0.3 is 5.97 Å². The van der Waals surface area contributed by atoms with E-state index in [0.717, 1.165) is 24.4 Å². The number of rotatable bonds is 2. The molecule has 7 heteroatoms. The average molecular weight is 251 g/mol. The third kappa shape index (κ3) is 2.10. The summed E-state index contributed by atoms with van der Waals surface area (Å²) < 4.78 is 26.5. The van der Waals surface area contributed by atoms with E-state index >= 15 is 0 Å². The quantitative estimate of drug-likeness (QED) is 0.847. The van der Waals surface area contributed by atoms with Crippen LogP contribution in [0.4, 0.5) is 14.6 Å². The molecule has 18 heavy (non-hydrogen) atoms. The molecule has 92 valence electrons. The highest BCUT2D eigenvalue weighted by atomic mass is 19.1. The molecule has 0 saturated carbocycles. The van der Waals surface area contributed by atoms with Gasteiger partial charge in [0.05, 0.1) is 11.9 Å². The van der Waals surface area contributed by atoms with Crippen molar-refractivity contribution in [3.8, 4) is 11.3 Å². The van der Waals surface area contributed by atoms with E-state index in [1.807, 2.05) is 0 Å². The van der Waals surface area contributed by atoms with Gasteiger partial charge in [-0.25, -0.2) is 23.5 Å². The lowest BCUT2D eigenvalue weighted by atomic mass is 10.1. The van der Waals surface area contributed by atoms with Gasteiger partial charge in [-0.2, -0.15) is 0 Å². The van der Waals surface area contributed by atoms with E-state index in [1.165, 1.54) is 0 Å². The topological polar surface area (TPSA) is 89.1 Å². The van der Waals surface area contributed by atoms with E-state index in [-0.39, 0.29) is 17.1 Å². The van der Waals surface area contributed by atoms with E-state index in [1.54, 1.807) is 0 Å². The first-order valence-corrected chi connectivity index (χ1v) is 4.80. The van der Waals surface area contributed by atoms with Gasteiger partial charge in [0.1, 0.15) is 11.6 Å². The van der Waals surface area contributed by atoms with Crippen molar-refractivity contribution in [2.45, 2.75) is 0 Å². The number of hydrogen-bond acceptors (Lipinski definition) is 4. The Hall–Kier alpha value is -2.57. The van der Waals surface area contributed by atoms with Gasteiger partial charge in [0.15, 0.2) is 11.5 Å². The fourth-order valence-corrected chi connectivity index (χ4v) is 1.38. The number of nitrogens with zero attached hydrogens (tertiary/aromatic N) is 2. The Morgan fingerprint density at radius 1 is 1.33 bits per heavy atom. The largest absolute Gasteiger partial charge is 0.476 e. The second kappa shape index (κ2) is 4.36. The highest BCUT2D eigenvalue weighted by Gasteiger charge is 2.15. The molecular formula is C11H7F2N3O2. The van der Waals surface area contributed by atoms with E-state index in [4.69, 9.17) is 10.8 Å². The minimum atomic E-state index is -1.39. The Kier molecular flexibility index (Phi) is 2.88. The summed E-state index contributed by atoms with van der Waals surface area (Å²) in [5.74, 6) is -3.07. The van der Waals surface area contributed by atoms with Gasteiger partial charge < -0.3 is 10.8 Å². The lowest BCUT2D eigenvalue weighted by Crippen LogP contribution is -2.08. The van der Waals surface area contributed by atoms with Gasteiger partial charge in [-0.3, -0.25) is 0 Å². The van der Waals surface area contributed by atoms with Crippen LogP contribution in [0.3, 0.4) is 0 Å². The smallest absolute Gasteiger partial charge is 0.358 e. The molecule has 0 bridgehead atoms. The van der Waals surface area contributed by atoms with Crippen molar-refractivity contribution in [1.82, 2.24) is 9.97 Å². The van der Waals surface area contributed by atoms with Crippen LogP contribution in [0.5, 0.6) is 0 Å². The van der Waals surface area contributed by atoms with Crippen LogP contribution in [0.1, 0.15) is 10.5 Å². The third-order valence-corrected chi connectivity index (χ3v) is 2.21. The van der Waals surface area contributed by atoms with Crippen LogP contribution in [0.15, 0.2) is 24.4 Å². The Balaban J connectivity index is 2.61. The van der Waals surface area contributed by atoms with Gasteiger partial charge in [-0.15, -0.1) is 0 Å². The Morgan fingerprint density at radius 3 is 2.72 bits per heavy atom. The first-order valence-electron chi connectivity index (χ1n) is 4.80. The lowest BCUT2D eigenvalue weighted by Gasteiger charge is -2.05. The van der Waals surface area contributed by atoms with Crippen LogP contribution in [0, 0.1) is 11.6 Å². The summed E-state index contributed by atoms with van der Waals surface area (Å²) in [6.07, 6.45) is 1.08. The van der Waals surface area contributed by atoms with Gasteiger partial charge in [0.2, 0.25) is 0 Å². The summed E-state index contributed by atoms with van der Waals surface area (Å²) in [6, 6.07) is 2.77. The zero-order valence-electron chi connectivity index (χ0n) is 8.89. The van der Waals surface area contributed by atoms with Crippen LogP contribution >= 0.6 is 0 Å². The summed E-state index contributed by atoms with van der Waals surface area (Å²) in [6.45, 7) is 0. The monoisotopic (exact) mass is 251 g/mol. The molecule has 1 aromatic carbocycles. The number of halogens is 2. The Bertz CT molecular complexity index is 632. The minimum Gasteiger partial charge on any atom is -0.476 e. The van der Waals surface area contributed by atoms with Crippen molar-refractivity contribution < 1.29 is 18.7 Å². The lowest BCUT2D eigenvalue weighted by molar-refractivity contribution is 0.0691. The van der Waals surface area contributed by atoms with Gasteiger partial charge in [-0.1, -0.05) is 0 Å². The van der Waals surface area contributed by atoms with E-state index in [2.05, 4.69) is 9.97 Å². The second-order valence-electron chi connectivity index (χ2n) is 3.42. The minimum absolute atomic E-state index is 0.0985. The number of nitrogen functional groups attached to an aromatic ring is 1. The summed E-state index contributed by atoms with van der Waals surface area (Å²) in [5.41, 5.74) is 4.54. The molecule has 0 aliphatic carbocycles. The van der Waals surface area contributed by atoms with Gasteiger partial charge in [-0.05, 0) is 18.2 Å². The molecule has 0 aliphatic heterocycles. The molecular weight excluding hydrogens is 244 g/mol. The number of carboxylic acid groups (broad SMARTS) is 1. The zero-order valence-corrected chi connectivity index (χ0v) is 8.89. The predicted molar refractivity (Wildman–Crippen MR) is 58.8 cm³/mol. The molecule has 0 aliphatic rings. The highest BCUT2D eigenvalue weighted by molar-refractivity contribution is 5.90. The molecule has 0 saturated heterocycles. The number of carboxylic acids is 1. The van der Waals surface area contributed by atoms with E-state index in [0.29, 0.717) is 0 Å². The van der Waals surface area contributed by atoms with Crippen molar-refractivity contribution >= 4 is 11.8 Å². The Morgan fingerprint density at radius 2 is 2.06 bits per heavy atom. The van der Waals surface area contributed by atoms with Crippen molar-refractivity contribution in [3.05, 3.63) is 41.7 Å². The molecule has 0 spiro atoms. The normalized spacial score (nSPS) is 10.3. The molecule has 2 rings (SSSR count). The standard InChI is InChI=1S/C11H7F2N3O2/c12-5-1-2-7(13)6(3-5)8-4-15-10(14)9(16-8)11(17)18/h1-4H,(H2,14,15)(H,17,18). The molecule has 1 aromatic heterocycles. The molecule has 1 heterocycles. The first kappa shape index (κ1) is 11.9. The number of aromatic nitrogens is 2. The molecule has 0 fully saturated rings. The van der Waals surface area contributed by atoms with Crippen molar-refractivity contribution in [2.24, 2.45) is 0 Å². The van der Waals surface area contributed by atoms with Crippen LogP contribution in [-0.4, -0.2) is 21.0 Å².